The van der Waals surface area contributed by atoms with E-state index in [1.165, 1.54) is 49.8 Å². The number of nitrogens with one attached hydrogen (secondary N) is 3. The summed E-state index contributed by atoms with van der Waals surface area (Å²) < 4.78 is 0. The molecule has 4 heteroatoms. The minimum absolute atomic E-state index is 0.555. The summed E-state index contributed by atoms with van der Waals surface area (Å²) in [7, 11) is 0. The lowest BCUT2D eigenvalue weighted by Gasteiger charge is -2.46. The Morgan fingerprint density at radius 3 is 2.46 bits per heavy atom. The third kappa shape index (κ3) is 4.48. The van der Waals surface area contributed by atoms with E-state index in [1.54, 1.807) is 0 Å². The van der Waals surface area contributed by atoms with Crippen molar-refractivity contribution in [2.75, 3.05) is 6.54 Å². The molecule has 0 spiro atoms. The second-order valence-corrected chi connectivity index (χ2v) is 8.04. The van der Waals surface area contributed by atoms with Gasteiger partial charge in [-0.25, -0.2) is 0 Å². The van der Waals surface area contributed by atoms with Gasteiger partial charge in [0.05, 0.1) is 12.1 Å². The summed E-state index contributed by atoms with van der Waals surface area (Å²) in [6, 6.07) is 11.2. The Labute approximate surface area is 152 Å². The third-order valence-electron chi connectivity index (χ3n) is 5.69. The first-order chi connectivity index (χ1) is 11.7. The summed E-state index contributed by atoms with van der Waals surface area (Å²) in [6.07, 6.45) is 7.76. The molecule has 2 saturated heterocycles. The number of fused-ring (bicyclic) bond motifs is 2. The van der Waals surface area contributed by atoms with Crippen molar-refractivity contribution >= 4 is 17.3 Å². The number of rotatable bonds is 5. The van der Waals surface area contributed by atoms with Crippen molar-refractivity contribution in [1.29, 1.82) is 0 Å². The van der Waals surface area contributed by atoms with E-state index < -0.39 is 0 Å². The van der Waals surface area contributed by atoms with Crippen LogP contribution in [-0.4, -0.2) is 29.8 Å². The molecule has 2 heterocycles. The maximum absolute atomic E-state index is 5.45. The molecule has 0 aliphatic carbocycles. The predicted octanol–water partition coefficient (Wildman–Crippen LogP) is 2.34. The third-order valence-corrected chi connectivity index (χ3v) is 5.95. The van der Waals surface area contributed by atoms with E-state index in [2.05, 4.69) is 48.7 Å². The molecule has 24 heavy (non-hydrogen) atoms. The molecule has 132 valence electrons. The molecule has 3 N–H and O–H groups in total. The van der Waals surface area contributed by atoms with Crippen LogP contribution in [0.15, 0.2) is 24.3 Å². The van der Waals surface area contributed by atoms with Crippen LogP contribution in [0.25, 0.3) is 0 Å². The largest absolute Gasteiger partial charge is 0.363 e. The van der Waals surface area contributed by atoms with Gasteiger partial charge in [0.1, 0.15) is 6.54 Å². The minimum atomic E-state index is 0.555. The maximum atomic E-state index is 5.45. The molecule has 0 amide bonds. The fourth-order valence-corrected chi connectivity index (χ4v) is 4.73. The molecule has 0 aromatic heterocycles. The van der Waals surface area contributed by atoms with Crippen LogP contribution in [0, 0.1) is 6.92 Å². The Hall–Kier alpha value is -1.13. The molecule has 2 aliphatic heterocycles. The number of aryl methyl sites for hydroxylation is 1. The first kappa shape index (κ1) is 17.7. The average Bonchev–Trinajstić information content (AvgIpc) is 2.55. The zero-order valence-electron chi connectivity index (χ0n) is 15.1. The molecule has 2 bridgehead atoms. The molecule has 0 saturated carbocycles. The van der Waals surface area contributed by atoms with Gasteiger partial charge in [0, 0.05) is 31.0 Å². The van der Waals surface area contributed by atoms with E-state index in [1.807, 2.05) is 4.90 Å². The van der Waals surface area contributed by atoms with Gasteiger partial charge in [-0.05, 0) is 44.8 Å². The van der Waals surface area contributed by atoms with Crippen LogP contribution in [-0.2, 0) is 6.54 Å². The van der Waals surface area contributed by atoms with Gasteiger partial charge in [-0.3, -0.25) is 0 Å². The topological polar surface area (TPSA) is 28.5 Å². The molecule has 1 aromatic carbocycles. The molecular formula is C20H32N3S+. The van der Waals surface area contributed by atoms with Gasteiger partial charge in [0.2, 0.25) is 0 Å². The van der Waals surface area contributed by atoms with Gasteiger partial charge < -0.3 is 15.5 Å². The van der Waals surface area contributed by atoms with Crippen molar-refractivity contribution < 1.29 is 4.90 Å². The highest BCUT2D eigenvalue weighted by atomic mass is 32.1. The zero-order valence-corrected chi connectivity index (χ0v) is 15.9. The van der Waals surface area contributed by atoms with Crippen molar-refractivity contribution in [3.63, 3.8) is 0 Å². The van der Waals surface area contributed by atoms with E-state index in [4.69, 9.17) is 12.2 Å². The van der Waals surface area contributed by atoms with Gasteiger partial charge >= 0.3 is 0 Å². The Bertz CT molecular complexity index is 528. The van der Waals surface area contributed by atoms with E-state index >= 15 is 0 Å². The lowest BCUT2D eigenvalue weighted by molar-refractivity contribution is -0.973. The highest BCUT2D eigenvalue weighted by Gasteiger charge is 2.41. The van der Waals surface area contributed by atoms with E-state index in [0.29, 0.717) is 6.04 Å². The minimum Gasteiger partial charge on any atom is -0.363 e. The van der Waals surface area contributed by atoms with Crippen LogP contribution in [0.4, 0.5) is 0 Å². The summed E-state index contributed by atoms with van der Waals surface area (Å²) in [6.45, 7) is 6.49. The van der Waals surface area contributed by atoms with Gasteiger partial charge in [0.15, 0.2) is 5.11 Å². The summed E-state index contributed by atoms with van der Waals surface area (Å²) >= 11 is 5.45. The van der Waals surface area contributed by atoms with Gasteiger partial charge in [-0.2, -0.15) is 0 Å². The standard InChI is InChI=1S/C20H31N3S/c1-3-11-21-20(24)22-17-12-18-5-4-6-19(13-17)23(18)14-16-9-7-15(2)8-10-16/h7-10,17-19H,3-6,11-14H2,1-2H3,(H2,21,22,24)/p+1/t18-,19-/m1/s1. The first-order valence-electron chi connectivity index (χ1n) is 9.61. The number of quaternary nitrogens is 1. The van der Waals surface area contributed by atoms with E-state index in [9.17, 15) is 0 Å². The molecule has 3 rings (SSSR count). The Morgan fingerprint density at radius 2 is 1.83 bits per heavy atom. The molecule has 1 aromatic rings. The van der Waals surface area contributed by atoms with Crippen LogP contribution >= 0.6 is 12.2 Å². The number of thiocarbonyl (C=S) groups is 1. The zero-order chi connectivity index (χ0) is 16.9. The van der Waals surface area contributed by atoms with Gasteiger partial charge in [-0.15, -0.1) is 0 Å². The van der Waals surface area contributed by atoms with Crippen molar-refractivity contribution in [3.05, 3.63) is 35.4 Å². The summed E-state index contributed by atoms with van der Waals surface area (Å²) in [4.78, 5) is 1.82. The van der Waals surface area contributed by atoms with Gasteiger partial charge in [0.25, 0.3) is 0 Å². The molecule has 2 atom stereocenters. The van der Waals surface area contributed by atoms with E-state index in [0.717, 1.165) is 30.2 Å². The second kappa shape index (κ2) is 8.30. The van der Waals surface area contributed by atoms with Gasteiger partial charge in [-0.1, -0.05) is 36.8 Å². The lowest BCUT2D eigenvalue weighted by Crippen LogP contribution is -3.20. The second-order valence-electron chi connectivity index (χ2n) is 7.63. The molecule has 2 fully saturated rings. The Morgan fingerprint density at radius 1 is 1.17 bits per heavy atom. The monoisotopic (exact) mass is 346 g/mol. The average molecular weight is 347 g/mol. The van der Waals surface area contributed by atoms with Crippen molar-refractivity contribution in [2.45, 2.75) is 77.0 Å². The quantitative estimate of drug-likeness (QED) is 0.715. The van der Waals surface area contributed by atoms with Crippen LogP contribution in [0.3, 0.4) is 0 Å². The number of piperidine rings is 2. The van der Waals surface area contributed by atoms with Crippen LogP contribution in [0.1, 0.15) is 56.6 Å². The van der Waals surface area contributed by atoms with Crippen molar-refractivity contribution in [1.82, 2.24) is 10.6 Å². The highest BCUT2D eigenvalue weighted by molar-refractivity contribution is 7.80. The fourth-order valence-electron chi connectivity index (χ4n) is 4.46. The van der Waals surface area contributed by atoms with Crippen molar-refractivity contribution in [3.8, 4) is 0 Å². The van der Waals surface area contributed by atoms with Crippen LogP contribution in [0.2, 0.25) is 0 Å². The Balaban J connectivity index is 1.59. The SMILES string of the molecule is CCCNC(=S)NC1C[C@H]2CCC[C@H](C1)[NH+]2Cc1ccc(C)cc1. The fraction of sp³-hybridized carbons (Fsp3) is 0.650. The summed E-state index contributed by atoms with van der Waals surface area (Å²) in [5.74, 6) is 0. The summed E-state index contributed by atoms with van der Waals surface area (Å²) in [5, 5.41) is 7.75. The smallest absolute Gasteiger partial charge is 0.166 e. The number of benzene rings is 1. The van der Waals surface area contributed by atoms with Crippen LogP contribution in [0.5, 0.6) is 0 Å². The maximum Gasteiger partial charge on any atom is 0.166 e. The molecule has 0 unspecified atom stereocenters. The van der Waals surface area contributed by atoms with Crippen molar-refractivity contribution in [2.24, 2.45) is 0 Å². The van der Waals surface area contributed by atoms with Crippen LogP contribution < -0.4 is 15.5 Å². The first-order valence-corrected chi connectivity index (χ1v) is 10.0. The normalized spacial score (nSPS) is 29.1. The predicted molar refractivity (Wildman–Crippen MR) is 104 cm³/mol. The molecule has 3 nitrogen and oxygen atoms in total. The number of hydrogen-bond donors (Lipinski definition) is 3. The van der Waals surface area contributed by atoms with E-state index in [-0.39, 0.29) is 0 Å². The Kier molecular flexibility index (Phi) is 6.12. The molecular weight excluding hydrogens is 314 g/mol. The number of hydrogen-bond acceptors (Lipinski definition) is 1. The highest BCUT2D eigenvalue weighted by Crippen LogP contribution is 2.23. The summed E-state index contributed by atoms with van der Waals surface area (Å²) in [5.41, 5.74) is 2.84. The molecule has 0 radical (unpaired) electrons. The lowest BCUT2D eigenvalue weighted by atomic mass is 9.81. The molecule has 2 aliphatic rings.